The first-order valence-corrected chi connectivity index (χ1v) is 10.1. The summed E-state index contributed by atoms with van der Waals surface area (Å²) in [5, 5.41) is 4.36. The topological polar surface area (TPSA) is 70.1 Å². The van der Waals surface area contributed by atoms with Gasteiger partial charge in [-0.15, -0.1) is 0 Å². The van der Waals surface area contributed by atoms with E-state index >= 15 is 0 Å². The SMILES string of the molecule is Nc1c(C(=O)C2=Cc3ccccc3C2)cnn1-c1ccc(OC2CCCC2)cc1. The van der Waals surface area contributed by atoms with E-state index in [4.69, 9.17) is 10.5 Å². The van der Waals surface area contributed by atoms with Crippen molar-refractivity contribution >= 4 is 17.7 Å². The smallest absolute Gasteiger partial charge is 0.194 e. The summed E-state index contributed by atoms with van der Waals surface area (Å²) in [4.78, 5) is 13.0. The summed E-state index contributed by atoms with van der Waals surface area (Å²) in [5.74, 6) is 1.15. The van der Waals surface area contributed by atoms with Crippen LogP contribution in [0.5, 0.6) is 5.75 Å². The zero-order chi connectivity index (χ0) is 19.8. The van der Waals surface area contributed by atoms with E-state index in [0.29, 0.717) is 23.9 Å². The van der Waals surface area contributed by atoms with Gasteiger partial charge in [-0.3, -0.25) is 4.79 Å². The molecule has 2 aromatic carbocycles. The van der Waals surface area contributed by atoms with Gasteiger partial charge in [0.2, 0.25) is 0 Å². The molecule has 5 heteroatoms. The molecule has 2 aliphatic rings. The number of allylic oxidation sites excluding steroid dienone is 1. The Hall–Kier alpha value is -3.34. The molecule has 0 bridgehead atoms. The summed E-state index contributed by atoms with van der Waals surface area (Å²) >= 11 is 0. The van der Waals surface area contributed by atoms with Crippen molar-refractivity contribution in [3.8, 4) is 11.4 Å². The molecule has 2 N–H and O–H groups in total. The van der Waals surface area contributed by atoms with Gasteiger partial charge < -0.3 is 10.5 Å². The number of carbonyl (C=O) groups excluding carboxylic acids is 1. The normalized spacial score (nSPS) is 15.9. The number of nitrogens with zero attached hydrogens (tertiary/aromatic N) is 2. The molecule has 5 nitrogen and oxygen atoms in total. The van der Waals surface area contributed by atoms with Gasteiger partial charge in [0.05, 0.1) is 23.6 Å². The van der Waals surface area contributed by atoms with Crippen LogP contribution in [0.15, 0.2) is 60.3 Å². The first kappa shape index (κ1) is 17.7. The lowest BCUT2D eigenvalue weighted by molar-refractivity contribution is 0.103. The van der Waals surface area contributed by atoms with Crippen molar-refractivity contribution in [3.05, 3.63) is 77.0 Å². The van der Waals surface area contributed by atoms with Crippen molar-refractivity contribution in [1.82, 2.24) is 9.78 Å². The van der Waals surface area contributed by atoms with Crippen LogP contribution in [0.25, 0.3) is 11.8 Å². The molecule has 0 unspecified atom stereocenters. The summed E-state index contributed by atoms with van der Waals surface area (Å²) in [6.07, 6.45) is 9.19. The summed E-state index contributed by atoms with van der Waals surface area (Å²) in [5.41, 5.74) is 10.6. The molecule has 146 valence electrons. The highest BCUT2D eigenvalue weighted by atomic mass is 16.5. The third-order valence-corrected chi connectivity index (χ3v) is 5.79. The Morgan fingerprint density at radius 1 is 1.07 bits per heavy atom. The van der Waals surface area contributed by atoms with Gasteiger partial charge in [-0.1, -0.05) is 24.3 Å². The van der Waals surface area contributed by atoms with Crippen LogP contribution >= 0.6 is 0 Å². The molecule has 0 aliphatic heterocycles. The average molecular weight is 385 g/mol. The summed E-state index contributed by atoms with van der Waals surface area (Å²) in [7, 11) is 0. The van der Waals surface area contributed by atoms with Gasteiger partial charge in [-0.05, 0) is 67.2 Å². The third kappa shape index (κ3) is 3.33. The Bertz CT molecular complexity index is 1090. The zero-order valence-corrected chi connectivity index (χ0v) is 16.2. The van der Waals surface area contributed by atoms with E-state index in [9.17, 15) is 4.79 Å². The Labute approximate surface area is 169 Å². The van der Waals surface area contributed by atoms with Crippen LogP contribution < -0.4 is 10.5 Å². The zero-order valence-electron chi connectivity index (χ0n) is 16.2. The van der Waals surface area contributed by atoms with E-state index in [1.54, 1.807) is 10.9 Å². The maximum Gasteiger partial charge on any atom is 0.194 e. The van der Waals surface area contributed by atoms with Gasteiger partial charge in [0.25, 0.3) is 0 Å². The monoisotopic (exact) mass is 385 g/mol. The van der Waals surface area contributed by atoms with Crippen molar-refractivity contribution in [2.45, 2.75) is 38.2 Å². The Morgan fingerprint density at radius 3 is 2.59 bits per heavy atom. The molecule has 0 amide bonds. The second-order valence-electron chi connectivity index (χ2n) is 7.75. The summed E-state index contributed by atoms with van der Waals surface area (Å²) < 4.78 is 7.62. The number of fused-ring (bicyclic) bond motifs is 1. The van der Waals surface area contributed by atoms with E-state index < -0.39 is 0 Å². The molecule has 1 aromatic heterocycles. The minimum atomic E-state index is -0.0638. The standard InChI is InChI=1S/C24H23N3O2/c25-24-22(23(28)18-13-16-5-1-2-6-17(16)14-18)15-26-27(24)19-9-11-21(12-10-19)29-20-7-3-4-8-20/h1-2,5-6,9-13,15,20H,3-4,7-8,14,25H2. The number of hydrogen-bond acceptors (Lipinski definition) is 4. The lowest BCUT2D eigenvalue weighted by Crippen LogP contribution is -2.11. The number of rotatable bonds is 5. The van der Waals surface area contributed by atoms with Gasteiger partial charge in [-0.2, -0.15) is 5.10 Å². The number of nitrogen functional groups attached to an aromatic ring is 1. The van der Waals surface area contributed by atoms with Crippen LogP contribution in [0.4, 0.5) is 5.82 Å². The predicted molar refractivity (Wildman–Crippen MR) is 113 cm³/mol. The number of carbonyl (C=O) groups is 1. The Balaban J connectivity index is 1.35. The van der Waals surface area contributed by atoms with Crippen LogP contribution in [-0.4, -0.2) is 21.7 Å². The van der Waals surface area contributed by atoms with E-state index in [1.807, 2.05) is 54.6 Å². The molecular weight excluding hydrogens is 362 g/mol. The number of benzene rings is 2. The number of ether oxygens (including phenoxy) is 1. The first-order valence-electron chi connectivity index (χ1n) is 10.1. The van der Waals surface area contributed by atoms with Crippen molar-refractivity contribution in [2.75, 3.05) is 5.73 Å². The molecule has 1 heterocycles. The number of nitrogens with two attached hydrogens (primary N) is 1. The van der Waals surface area contributed by atoms with Gasteiger partial charge in [0.15, 0.2) is 5.78 Å². The number of Topliss-reactive ketones (excluding diaryl/α,β-unsaturated/α-hetero) is 1. The molecule has 1 saturated carbocycles. The quantitative estimate of drug-likeness (QED) is 0.652. The fourth-order valence-electron chi connectivity index (χ4n) is 4.20. The molecule has 2 aliphatic carbocycles. The van der Waals surface area contributed by atoms with E-state index in [-0.39, 0.29) is 5.78 Å². The highest BCUT2D eigenvalue weighted by molar-refractivity contribution is 6.15. The predicted octanol–water partition coefficient (Wildman–Crippen LogP) is 4.60. The molecule has 1 fully saturated rings. The molecule has 0 spiro atoms. The van der Waals surface area contributed by atoms with Crippen LogP contribution in [0.1, 0.15) is 47.2 Å². The lowest BCUT2D eigenvalue weighted by atomic mass is 10.0. The Kier molecular flexibility index (Phi) is 4.43. The van der Waals surface area contributed by atoms with Crippen molar-refractivity contribution < 1.29 is 9.53 Å². The largest absolute Gasteiger partial charge is 0.490 e. The van der Waals surface area contributed by atoms with Crippen LogP contribution in [-0.2, 0) is 6.42 Å². The Morgan fingerprint density at radius 2 is 1.83 bits per heavy atom. The van der Waals surface area contributed by atoms with E-state index in [2.05, 4.69) is 5.10 Å². The van der Waals surface area contributed by atoms with Crippen molar-refractivity contribution in [3.63, 3.8) is 0 Å². The van der Waals surface area contributed by atoms with Gasteiger partial charge >= 0.3 is 0 Å². The van der Waals surface area contributed by atoms with E-state index in [0.717, 1.165) is 35.4 Å². The third-order valence-electron chi connectivity index (χ3n) is 5.79. The maximum absolute atomic E-state index is 13.0. The molecular formula is C24H23N3O2. The fourth-order valence-corrected chi connectivity index (χ4v) is 4.20. The van der Waals surface area contributed by atoms with E-state index in [1.165, 1.54) is 18.4 Å². The summed E-state index contributed by atoms with van der Waals surface area (Å²) in [6.45, 7) is 0. The molecule has 3 aromatic rings. The highest BCUT2D eigenvalue weighted by Gasteiger charge is 2.24. The first-order chi connectivity index (χ1) is 14.2. The van der Waals surface area contributed by atoms with Crippen LogP contribution in [0, 0.1) is 0 Å². The number of hydrogen-bond donors (Lipinski definition) is 1. The van der Waals surface area contributed by atoms with Gasteiger partial charge in [-0.25, -0.2) is 4.68 Å². The van der Waals surface area contributed by atoms with Crippen molar-refractivity contribution in [2.24, 2.45) is 0 Å². The molecule has 0 radical (unpaired) electrons. The highest BCUT2D eigenvalue weighted by Crippen LogP contribution is 2.30. The molecule has 29 heavy (non-hydrogen) atoms. The number of ketones is 1. The van der Waals surface area contributed by atoms with Gasteiger partial charge in [0.1, 0.15) is 11.6 Å². The minimum Gasteiger partial charge on any atom is -0.490 e. The number of aromatic nitrogens is 2. The fraction of sp³-hybridized carbons (Fsp3) is 0.250. The minimum absolute atomic E-state index is 0.0638. The molecule has 0 saturated heterocycles. The second-order valence-corrected chi connectivity index (χ2v) is 7.75. The lowest BCUT2D eigenvalue weighted by Gasteiger charge is -2.13. The molecule has 0 atom stereocenters. The van der Waals surface area contributed by atoms with Crippen LogP contribution in [0.3, 0.4) is 0 Å². The second kappa shape index (κ2) is 7.24. The molecule has 5 rings (SSSR count). The van der Waals surface area contributed by atoms with Gasteiger partial charge in [0, 0.05) is 12.0 Å². The number of anilines is 1. The summed E-state index contributed by atoms with van der Waals surface area (Å²) in [6, 6.07) is 15.8. The average Bonchev–Trinajstić information content (AvgIpc) is 3.48. The van der Waals surface area contributed by atoms with Crippen molar-refractivity contribution in [1.29, 1.82) is 0 Å². The maximum atomic E-state index is 13.0. The van der Waals surface area contributed by atoms with Crippen LogP contribution in [0.2, 0.25) is 0 Å².